The van der Waals surface area contributed by atoms with Gasteiger partial charge in [-0.25, -0.2) is 18.7 Å². The first-order chi connectivity index (χ1) is 17.4. The van der Waals surface area contributed by atoms with Crippen LogP contribution in [0.15, 0.2) is 30.0 Å². The van der Waals surface area contributed by atoms with E-state index in [2.05, 4.69) is 10.00 Å². The second-order valence-corrected chi connectivity index (χ2v) is 11.5. The maximum absolute atomic E-state index is 15.2. The van der Waals surface area contributed by atoms with Gasteiger partial charge >= 0.3 is 6.09 Å². The summed E-state index contributed by atoms with van der Waals surface area (Å²) in [6.45, 7) is 13.0. The molecule has 9 heteroatoms. The monoisotopic (exact) mass is 512 g/mol. The lowest BCUT2D eigenvalue weighted by atomic mass is 9.78. The molecule has 4 rings (SSSR count). The van der Waals surface area contributed by atoms with Crippen LogP contribution < -0.4 is 0 Å². The molecule has 0 unspecified atom stereocenters. The topological polar surface area (TPSA) is 76.9 Å². The molecule has 1 amide bonds. The van der Waals surface area contributed by atoms with Gasteiger partial charge in [-0.3, -0.25) is 0 Å². The van der Waals surface area contributed by atoms with Gasteiger partial charge in [-0.15, -0.1) is 0 Å². The average Bonchev–Trinajstić information content (AvgIpc) is 3.39. The molecule has 1 atom stereocenters. The highest BCUT2D eigenvalue weighted by molar-refractivity contribution is 5.68. The van der Waals surface area contributed by atoms with Crippen LogP contribution in [-0.4, -0.2) is 77.0 Å². The molecule has 8 nitrogen and oxygen atoms in total. The van der Waals surface area contributed by atoms with Crippen LogP contribution in [0.5, 0.6) is 0 Å². The molecule has 0 radical (unpaired) electrons. The number of carbonyl (C=O) groups is 1. The minimum Gasteiger partial charge on any atom is -0.490 e. The van der Waals surface area contributed by atoms with Gasteiger partial charge in [0.1, 0.15) is 11.4 Å². The van der Waals surface area contributed by atoms with Crippen LogP contribution in [0.4, 0.5) is 9.18 Å². The number of rotatable bonds is 7. The van der Waals surface area contributed by atoms with Crippen molar-refractivity contribution in [3.8, 4) is 5.69 Å². The molecule has 0 saturated carbocycles. The van der Waals surface area contributed by atoms with E-state index in [1.165, 1.54) is 13.2 Å². The van der Waals surface area contributed by atoms with Crippen molar-refractivity contribution in [1.29, 1.82) is 0 Å². The Kier molecular flexibility index (Phi) is 7.49. The van der Waals surface area contributed by atoms with E-state index in [1.807, 2.05) is 52.7 Å². The van der Waals surface area contributed by atoms with Gasteiger partial charge in [0.15, 0.2) is 11.7 Å². The number of allylic oxidation sites excluding steroid dienone is 1. The maximum atomic E-state index is 15.2. The molecule has 200 valence electrons. The minimum atomic E-state index is -0.525. The summed E-state index contributed by atoms with van der Waals surface area (Å²) in [4.78, 5) is 28.0. The number of aryl methyl sites for hydroxylation is 2. The Morgan fingerprint density at radius 2 is 1.95 bits per heavy atom. The molecule has 1 aromatic carbocycles. The third-order valence-corrected chi connectivity index (χ3v) is 7.15. The molecule has 1 spiro atoms. The zero-order valence-electron chi connectivity index (χ0n) is 22.6. The fraction of sp³-hybridized carbons (Fsp3) is 0.571. The van der Waals surface area contributed by atoms with E-state index in [9.17, 15) is 9.59 Å². The molecule has 2 aliphatic rings. The van der Waals surface area contributed by atoms with E-state index in [0.717, 1.165) is 36.6 Å². The number of hydrogen-bond donors (Lipinski definition) is 0. The normalized spacial score (nSPS) is 17.9. The molecule has 37 heavy (non-hydrogen) atoms. The molecule has 2 aromatic rings. The van der Waals surface area contributed by atoms with Crippen LogP contribution in [0.3, 0.4) is 0 Å². The van der Waals surface area contributed by atoms with Gasteiger partial charge in [0, 0.05) is 56.2 Å². The molecule has 2 saturated heterocycles. The van der Waals surface area contributed by atoms with Crippen LogP contribution >= 0.6 is 0 Å². The minimum absolute atomic E-state index is 0.0239. The van der Waals surface area contributed by atoms with Crippen molar-refractivity contribution >= 4 is 12.0 Å². The number of amides is 1. The van der Waals surface area contributed by atoms with Gasteiger partial charge in [0.2, 0.25) is 0 Å². The van der Waals surface area contributed by atoms with Gasteiger partial charge in [-0.1, -0.05) is 0 Å². The third kappa shape index (κ3) is 6.05. The van der Waals surface area contributed by atoms with Crippen molar-refractivity contribution in [1.82, 2.24) is 19.6 Å². The first-order valence-electron chi connectivity index (χ1n) is 12.7. The number of likely N-dealkylation sites (tertiary alicyclic amines) is 2. The van der Waals surface area contributed by atoms with E-state index in [0.29, 0.717) is 25.2 Å². The molecule has 2 aliphatic heterocycles. The van der Waals surface area contributed by atoms with Gasteiger partial charge in [0.25, 0.3) is 0 Å². The number of methoxy groups -OCH3 is 1. The second-order valence-electron chi connectivity index (χ2n) is 11.5. The Morgan fingerprint density at radius 1 is 1.22 bits per heavy atom. The van der Waals surface area contributed by atoms with Crippen molar-refractivity contribution in [2.24, 2.45) is 5.41 Å². The third-order valence-electron chi connectivity index (χ3n) is 7.15. The largest absolute Gasteiger partial charge is 0.490 e. The Labute approximate surface area is 218 Å². The fourth-order valence-corrected chi connectivity index (χ4v) is 5.55. The predicted octanol–water partition coefficient (Wildman–Crippen LogP) is 4.41. The van der Waals surface area contributed by atoms with E-state index in [-0.39, 0.29) is 35.4 Å². The van der Waals surface area contributed by atoms with Crippen molar-refractivity contribution in [3.05, 3.63) is 52.8 Å². The smallest absolute Gasteiger partial charge is 0.410 e. The van der Waals surface area contributed by atoms with Crippen LogP contribution in [0.2, 0.25) is 0 Å². The molecule has 0 N–H and O–H groups in total. The zero-order valence-corrected chi connectivity index (χ0v) is 22.6. The summed E-state index contributed by atoms with van der Waals surface area (Å²) in [5, 5.41) is 4.53. The summed E-state index contributed by atoms with van der Waals surface area (Å²) < 4.78 is 27.7. The lowest BCUT2D eigenvalue weighted by Gasteiger charge is -2.49. The number of nitrogens with zero attached hydrogens (tertiary/aromatic N) is 4. The van der Waals surface area contributed by atoms with Gasteiger partial charge in [-0.2, -0.15) is 5.10 Å². The Balaban J connectivity index is 1.50. The SMILES string of the molecule is COC(=C=O)C[C@H](CN1CC2(CCN(C(=O)OC(C)(C)C)C2)C1)c1cc(-n2nc(C)cc2C)ccc1F. The molecule has 0 bridgehead atoms. The molecule has 3 heterocycles. The average molecular weight is 513 g/mol. The van der Waals surface area contributed by atoms with Crippen molar-refractivity contribution in [2.45, 2.75) is 59.0 Å². The molecule has 2 fully saturated rings. The van der Waals surface area contributed by atoms with Crippen LogP contribution in [0, 0.1) is 25.1 Å². The molecular weight excluding hydrogens is 475 g/mol. The van der Waals surface area contributed by atoms with Crippen LogP contribution in [0.1, 0.15) is 56.5 Å². The zero-order chi connectivity index (χ0) is 27.0. The lowest BCUT2D eigenvalue weighted by molar-refractivity contribution is -0.00525. The number of ether oxygens (including phenoxy) is 2. The number of hydrogen-bond acceptors (Lipinski definition) is 6. The summed E-state index contributed by atoms with van der Waals surface area (Å²) in [5.41, 5.74) is 2.62. The van der Waals surface area contributed by atoms with E-state index < -0.39 is 5.60 Å². The fourth-order valence-electron chi connectivity index (χ4n) is 5.55. The standard InChI is InChI=1S/C28H37FN4O4/c1-19-11-20(2)33(30-19)22-7-8-25(29)24(13-22)21(12-23(15-34)36-6)14-31-16-28(17-31)9-10-32(18-28)26(35)37-27(3,4)5/h7-8,11,13,21H,9-10,12,14,16-18H2,1-6H3/t21-/m1/s1. The maximum Gasteiger partial charge on any atom is 0.410 e. The van der Waals surface area contributed by atoms with Gasteiger partial charge in [-0.05, 0) is 70.9 Å². The van der Waals surface area contributed by atoms with Crippen LogP contribution in [0.25, 0.3) is 5.69 Å². The summed E-state index contributed by atoms with van der Waals surface area (Å²) in [6.07, 6.45) is 0.877. The first-order valence-corrected chi connectivity index (χ1v) is 12.7. The highest BCUT2D eigenvalue weighted by Crippen LogP contribution is 2.41. The Hall–Kier alpha value is -3.16. The summed E-state index contributed by atoms with van der Waals surface area (Å²) in [7, 11) is 1.43. The quantitative estimate of drug-likeness (QED) is 0.404. The lowest BCUT2D eigenvalue weighted by Crippen LogP contribution is -2.58. The van der Waals surface area contributed by atoms with Crippen LogP contribution in [-0.2, 0) is 14.3 Å². The number of aromatic nitrogens is 2. The second kappa shape index (κ2) is 10.3. The highest BCUT2D eigenvalue weighted by Gasteiger charge is 2.49. The van der Waals surface area contributed by atoms with E-state index in [4.69, 9.17) is 9.47 Å². The van der Waals surface area contributed by atoms with Crippen molar-refractivity contribution < 1.29 is 23.5 Å². The summed E-state index contributed by atoms with van der Waals surface area (Å²) >= 11 is 0. The van der Waals surface area contributed by atoms with Crippen molar-refractivity contribution in [3.63, 3.8) is 0 Å². The van der Waals surface area contributed by atoms with E-state index in [1.54, 1.807) is 15.6 Å². The van der Waals surface area contributed by atoms with Gasteiger partial charge in [0.05, 0.1) is 18.5 Å². The summed E-state index contributed by atoms with van der Waals surface area (Å²) in [6, 6.07) is 6.95. The number of carbonyl (C=O) groups excluding carboxylic acids is 2. The van der Waals surface area contributed by atoms with Gasteiger partial charge < -0.3 is 19.3 Å². The Bertz CT molecular complexity index is 1210. The summed E-state index contributed by atoms with van der Waals surface area (Å²) in [5.74, 6) is 1.37. The highest BCUT2D eigenvalue weighted by atomic mass is 19.1. The van der Waals surface area contributed by atoms with Crippen molar-refractivity contribution in [2.75, 3.05) is 39.8 Å². The molecular formula is C28H37FN4O4. The number of benzene rings is 1. The Morgan fingerprint density at radius 3 is 2.54 bits per heavy atom. The predicted molar refractivity (Wildman–Crippen MR) is 138 cm³/mol. The van der Waals surface area contributed by atoms with E-state index >= 15 is 4.39 Å². The molecule has 1 aromatic heterocycles. The first kappa shape index (κ1) is 26.9. The molecule has 0 aliphatic carbocycles. The number of halogens is 1.